The Labute approximate surface area is 112 Å². The van der Waals surface area contributed by atoms with E-state index >= 15 is 0 Å². The van der Waals surface area contributed by atoms with Crippen LogP contribution < -0.4 is 0 Å². The molecule has 0 heterocycles. The molecule has 1 heteroatoms. The van der Waals surface area contributed by atoms with E-state index in [0.717, 1.165) is 6.42 Å². The van der Waals surface area contributed by atoms with Gasteiger partial charge in [0.2, 0.25) is 0 Å². The molecule has 0 radical (unpaired) electrons. The summed E-state index contributed by atoms with van der Waals surface area (Å²) in [6, 6.07) is 19.2. The molecule has 0 nitrogen and oxygen atoms in total. The zero-order chi connectivity index (χ0) is 11.9. The predicted molar refractivity (Wildman–Crippen MR) is 77.2 cm³/mol. The standard InChI is InChI=1S/C16H17Br/c17-16-13-7-6-12-15(16)11-5-4-10-14-8-2-1-3-9-14/h1-3,6-9,12-13H,4-5,10-11H2. The Kier molecular flexibility index (Phi) is 4.81. The minimum atomic E-state index is 1.16. The van der Waals surface area contributed by atoms with E-state index in [0.29, 0.717) is 0 Å². The zero-order valence-electron chi connectivity index (χ0n) is 9.90. The maximum atomic E-state index is 3.59. The minimum absolute atomic E-state index is 1.16. The van der Waals surface area contributed by atoms with Gasteiger partial charge in [-0.3, -0.25) is 0 Å². The predicted octanol–water partition coefficient (Wildman–Crippen LogP) is 5.01. The average Bonchev–Trinajstić information content (AvgIpc) is 2.38. The first kappa shape index (κ1) is 12.4. The van der Waals surface area contributed by atoms with Crippen molar-refractivity contribution < 1.29 is 0 Å². The molecule has 2 rings (SSSR count). The monoisotopic (exact) mass is 288 g/mol. The molecule has 0 unspecified atom stereocenters. The van der Waals surface area contributed by atoms with Gasteiger partial charge in [0, 0.05) is 4.47 Å². The van der Waals surface area contributed by atoms with E-state index in [2.05, 4.69) is 70.5 Å². The Morgan fingerprint density at radius 3 is 2.12 bits per heavy atom. The summed E-state index contributed by atoms with van der Waals surface area (Å²) >= 11 is 3.59. The van der Waals surface area contributed by atoms with E-state index in [9.17, 15) is 0 Å². The minimum Gasteiger partial charge on any atom is -0.0622 e. The van der Waals surface area contributed by atoms with Gasteiger partial charge < -0.3 is 0 Å². The molecule has 0 aliphatic rings. The first-order chi connectivity index (χ1) is 8.36. The number of halogens is 1. The average molecular weight is 289 g/mol. The van der Waals surface area contributed by atoms with Crippen LogP contribution in [0, 0.1) is 0 Å². The molecule has 0 atom stereocenters. The van der Waals surface area contributed by atoms with Crippen molar-refractivity contribution >= 4 is 15.9 Å². The van der Waals surface area contributed by atoms with E-state index in [1.165, 1.54) is 34.9 Å². The highest BCUT2D eigenvalue weighted by molar-refractivity contribution is 9.10. The summed E-state index contributed by atoms with van der Waals surface area (Å²) in [7, 11) is 0. The Morgan fingerprint density at radius 1 is 0.706 bits per heavy atom. The van der Waals surface area contributed by atoms with Crippen molar-refractivity contribution in [3.8, 4) is 0 Å². The highest BCUT2D eigenvalue weighted by atomic mass is 79.9. The lowest BCUT2D eigenvalue weighted by Crippen LogP contribution is -1.90. The van der Waals surface area contributed by atoms with Gasteiger partial charge >= 0.3 is 0 Å². The Bertz CT molecular complexity index is 448. The molecule has 0 saturated heterocycles. The van der Waals surface area contributed by atoms with E-state index in [-0.39, 0.29) is 0 Å². The summed E-state index contributed by atoms with van der Waals surface area (Å²) in [5.74, 6) is 0. The van der Waals surface area contributed by atoms with E-state index in [1.54, 1.807) is 0 Å². The third kappa shape index (κ3) is 4.01. The van der Waals surface area contributed by atoms with Gasteiger partial charge in [0.15, 0.2) is 0 Å². The third-order valence-corrected chi connectivity index (χ3v) is 3.74. The summed E-state index contributed by atoms with van der Waals surface area (Å²) in [6.07, 6.45) is 4.85. The number of benzene rings is 2. The van der Waals surface area contributed by atoms with Gasteiger partial charge in [-0.25, -0.2) is 0 Å². The van der Waals surface area contributed by atoms with Crippen LogP contribution >= 0.6 is 15.9 Å². The molecule has 0 saturated carbocycles. The van der Waals surface area contributed by atoms with Gasteiger partial charge in [0.1, 0.15) is 0 Å². The molecule has 0 N–H and O–H groups in total. The highest BCUT2D eigenvalue weighted by Crippen LogP contribution is 2.18. The van der Waals surface area contributed by atoms with Gasteiger partial charge in [0.25, 0.3) is 0 Å². The van der Waals surface area contributed by atoms with Gasteiger partial charge in [-0.1, -0.05) is 64.5 Å². The quantitative estimate of drug-likeness (QED) is 0.678. The van der Waals surface area contributed by atoms with Gasteiger partial charge in [-0.2, -0.15) is 0 Å². The van der Waals surface area contributed by atoms with Crippen LogP contribution in [0.2, 0.25) is 0 Å². The maximum Gasteiger partial charge on any atom is 0.0207 e. The van der Waals surface area contributed by atoms with Crippen molar-refractivity contribution in [3.63, 3.8) is 0 Å². The molecule has 0 bridgehead atoms. The number of rotatable bonds is 5. The molecule has 0 aliphatic carbocycles. The van der Waals surface area contributed by atoms with Crippen LogP contribution in [0.1, 0.15) is 24.0 Å². The van der Waals surface area contributed by atoms with Crippen LogP contribution in [0.25, 0.3) is 0 Å². The van der Waals surface area contributed by atoms with E-state index < -0.39 is 0 Å². The Balaban J connectivity index is 1.76. The fraction of sp³-hybridized carbons (Fsp3) is 0.250. The lowest BCUT2D eigenvalue weighted by atomic mass is 10.0. The van der Waals surface area contributed by atoms with Crippen molar-refractivity contribution in [2.75, 3.05) is 0 Å². The molecule has 0 aromatic heterocycles. The molecular weight excluding hydrogens is 272 g/mol. The molecule has 2 aromatic carbocycles. The highest BCUT2D eigenvalue weighted by Gasteiger charge is 1.98. The van der Waals surface area contributed by atoms with E-state index in [1.807, 2.05) is 0 Å². The zero-order valence-corrected chi connectivity index (χ0v) is 11.5. The fourth-order valence-corrected chi connectivity index (χ4v) is 2.47. The molecule has 17 heavy (non-hydrogen) atoms. The molecule has 0 amide bonds. The lowest BCUT2D eigenvalue weighted by molar-refractivity contribution is 0.733. The van der Waals surface area contributed by atoms with Crippen molar-refractivity contribution in [2.45, 2.75) is 25.7 Å². The smallest absolute Gasteiger partial charge is 0.0207 e. The van der Waals surface area contributed by atoms with Crippen LogP contribution in [0.15, 0.2) is 59.1 Å². The molecule has 88 valence electrons. The molecule has 2 aromatic rings. The van der Waals surface area contributed by atoms with Crippen molar-refractivity contribution in [3.05, 3.63) is 70.2 Å². The molecular formula is C16H17Br. The Hall–Kier alpha value is -1.08. The second kappa shape index (κ2) is 6.61. The fourth-order valence-electron chi connectivity index (χ4n) is 1.99. The summed E-state index contributed by atoms with van der Waals surface area (Å²) < 4.78 is 1.24. The van der Waals surface area contributed by atoms with Crippen LogP contribution in [0.4, 0.5) is 0 Å². The number of hydrogen-bond acceptors (Lipinski definition) is 0. The summed E-state index contributed by atoms with van der Waals surface area (Å²) in [6.45, 7) is 0. The number of hydrogen-bond donors (Lipinski definition) is 0. The first-order valence-corrected chi connectivity index (χ1v) is 6.93. The topological polar surface area (TPSA) is 0 Å². The normalized spacial score (nSPS) is 10.4. The summed E-state index contributed by atoms with van der Waals surface area (Å²) in [5, 5.41) is 0. The van der Waals surface area contributed by atoms with Gasteiger partial charge in [-0.05, 0) is 42.9 Å². The number of aryl methyl sites for hydroxylation is 2. The van der Waals surface area contributed by atoms with Crippen LogP contribution in [-0.4, -0.2) is 0 Å². The first-order valence-electron chi connectivity index (χ1n) is 6.13. The van der Waals surface area contributed by atoms with Crippen molar-refractivity contribution in [2.24, 2.45) is 0 Å². The second-order valence-corrected chi connectivity index (χ2v) is 5.14. The van der Waals surface area contributed by atoms with Gasteiger partial charge in [-0.15, -0.1) is 0 Å². The van der Waals surface area contributed by atoms with Crippen LogP contribution in [-0.2, 0) is 12.8 Å². The molecule has 0 spiro atoms. The summed E-state index contributed by atoms with van der Waals surface area (Å²) in [4.78, 5) is 0. The number of unbranched alkanes of at least 4 members (excludes halogenated alkanes) is 1. The lowest BCUT2D eigenvalue weighted by Gasteiger charge is -2.04. The SMILES string of the molecule is Brc1ccccc1CCCCc1ccccc1. The van der Waals surface area contributed by atoms with Crippen molar-refractivity contribution in [1.29, 1.82) is 0 Å². The van der Waals surface area contributed by atoms with Crippen molar-refractivity contribution in [1.82, 2.24) is 0 Å². The third-order valence-electron chi connectivity index (χ3n) is 2.96. The largest absolute Gasteiger partial charge is 0.0622 e. The molecule has 0 aliphatic heterocycles. The van der Waals surface area contributed by atoms with E-state index in [4.69, 9.17) is 0 Å². The molecule has 0 fully saturated rings. The summed E-state index contributed by atoms with van der Waals surface area (Å²) in [5.41, 5.74) is 2.86. The Morgan fingerprint density at radius 2 is 1.35 bits per heavy atom. The van der Waals surface area contributed by atoms with Gasteiger partial charge in [0.05, 0.1) is 0 Å². The van der Waals surface area contributed by atoms with Crippen LogP contribution in [0.3, 0.4) is 0 Å². The second-order valence-electron chi connectivity index (χ2n) is 4.28. The van der Waals surface area contributed by atoms with Crippen LogP contribution in [0.5, 0.6) is 0 Å². The maximum absolute atomic E-state index is 3.59.